The highest BCUT2D eigenvalue weighted by atomic mass is 19.1. The van der Waals surface area contributed by atoms with Crippen LogP contribution in [0.5, 0.6) is 5.75 Å². The van der Waals surface area contributed by atoms with Gasteiger partial charge in [0.2, 0.25) is 0 Å². The summed E-state index contributed by atoms with van der Waals surface area (Å²) in [5.74, 6) is 0.919. The van der Waals surface area contributed by atoms with Gasteiger partial charge in [-0.25, -0.2) is 4.39 Å². The number of guanidine groups is 1. The fourth-order valence-corrected chi connectivity index (χ4v) is 2.68. The van der Waals surface area contributed by atoms with Gasteiger partial charge in [-0.05, 0) is 32.4 Å². The Morgan fingerprint density at radius 1 is 1.35 bits per heavy atom. The van der Waals surface area contributed by atoms with Crippen molar-refractivity contribution >= 4 is 5.96 Å². The van der Waals surface area contributed by atoms with Gasteiger partial charge < -0.3 is 15.4 Å². The maximum atomic E-state index is 13.3. The number of aryl methyl sites for hydroxylation is 2. The molecule has 1 aromatic carbocycles. The van der Waals surface area contributed by atoms with Crippen molar-refractivity contribution in [3.8, 4) is 5.75 Å². The van der Waals surface area contributed by atoms with Crippen molar-refractivity contribution in [2.45, 2.75) is 39.8 Å². The minimum atomic E-state index is -0.301. The summed E-state index contributed by atoms with van der Waals surface area (Å²) in [5.41, 5.74) is 3.30. The van der Waals surface area contributed by atoms with Crippen molar-refractivity contribution in [3.63, 3.8) is 0 Å². The molecular formula is C19H28FN5O. The van der Waals surface area contributed by atoms with Crippen LogP contribution in [0.15, 0.2) is 29.3 Å². The Balaban J connectivity index is 1.88. The number of benzene rings is 1. The quantitative estimate of drug-likeness (QED) is 0.588. The van der Waals surface area contributed by atoms with Crippen molar-refractivity contribution in [2.75, 3.05) is 13.6 Å². The Hall–Kier alpha value is -2.57. The Labute approximate surface area is 154 Å². The lowest BCUT2D eigenvalue weighted by Gasteiger charge is -2.20. The van der Waals surface area contributed by atoms with E-state index in [-0.39, 0.29) is 11.9 Å². The molecule has 1 heterocycles. The fraction of sp³-hybridized carbons (Fsp3) is 0.474. The lowest BCUT2D eigenvalue weighted by molar-refractivity contribution is 0.198. The Morgan fingerprint density at radius 3 is 2.69 bits per heavy atom. The van der Waals surface area contributed by atoms with E-state index in [0.29, 0.717) is 24.8 Å². The van der Waals surface area contributed by atoms with Gasteiger partial charge in [-0.2, -0.15) is 5.10 Å². The number of hydrogen-bond donors (Lipinski definition) is 2. The van der Waals surface area contributed by atoms with Gasteiger partial charge in [0.1, 0.15) is 17.7 Å². The summed E-state index contributed by atoms with van der Waals surface area (Å²) < 4.78 is 21.0. The van der Waals surface area contributed by atoms with Crippen LogP contribution >= 0.6 is 0 Å². The van der Waals surface area contributed by atoms with E-state index in [0.717, 1.165) is 17.8 Å². The minimum absolute atomic E-state index is 0.0859. The zero-order valence-corrected chi connectivity index (χ0v) is 16.1. The second-order valence-corrected chi connectivity index (χ2v) is 6.19. The predicted octanol–water partition coefficient (Wildman–Crippen LogP) is 2.70. The van der Waals surface area contributed by atoms with Crippen LogP contribution in [0, 0.1) is 19.7 Å². The molecule has 1 atom stereocenters. The van der Waals surface area contributed by atoms with Gasteiger partial charge >= 0.3 is 0 Å². The maximum absolute atomic E-state index is 13.3. The van der Waals surface area contributed by atoms with Crippen LogP contribution in [0.4, 0.5) is 4.39 Å². The van der Waals surface area contributed by atoms with Crippen LogP contribution in [0.3, 0.4) is 0 Å². The lowest BCUT2D eigenvalue weighted by atomic mass is 10.2. The molecule has 0 aliphatic rings. The monoisotopic (exact) mass is 361 g/mol. The summed E-state index contributed by atoms with van der Waals surface area (Å²) in [6.07, 6.45) is 0.707. The van der Waals surface area contributed by atoms with Crippen molar-refractivity contribution in [1.29, 1.82) is 0 Å². The molecule has 0 aliphatic carbocycles. The summed E-state index contributed by atoms with van der Waals surface area (Å²) in [5, 5.41) is 11.0. The molecule has 2 rings (SSSR count). The van der Waals surface area contributed by atoms with E-state index in [4.69, 9.17) is 4.74 Å². The van der Waals surface area contributed by atoms with E-state index in [1.54, 1.807) is 19.2 Å². The van der Waals surface area contributed by atoms with E-state index in [1.807, 2.05) is 32.5 Å². The van der Waals surface area contributed by atoms with Gasteiger partial charge in [0, 0.05) is 38.0 Å². The molecule has 1 aromatic heterocycles. The zero-order valence-electron chi connectivity index (χ0n) is 16.1. The number of rotatable bonds is 7. The van der Waals surface area contributed by atoms with E-state index in [2.05, 4.69) is 20.7 Å². The number of halogens is 1. The maximum Gasteiger partial charge on any atom is 0.191 e. The van der Waals surface area contributed by atoms with Crippen molar-refractivity contribution < 1.29 is 9.13 Å². The lowest BCUT2D eigenvalue weighted by Crippen LogP contribution is -2.42. The normalized spacial score (nSPS) is 12.8. The third-order valence-electron chi connectivity index (χ3n) is 4.37. The topological polar surface area (TPSA) is 63.5 Å². The molecule has 6 nitrogen and oxygen atoms in total. The first-order valence-corrected chi connectivity index (χ1v) is 8.80. The smallest absolute Gasteiger partial charge is 0.191 e. The molecule has 2 aromatic rings. The Bertz CT molecular complexity index is 756. The standard InChI is InChI=1S/C19H28FN5O/c1-6-16(26-17-9-7-8-15(20)10-17)11-22-19(21-4)23-12-18-13(2)24-25(5)14(18)3/h7-10,16H,6,11-12H2,1-5H3,(H2,21,22,23). The second kappa shape index (κ2) is 9.22. The first-order chi connectivity index (χ1) is 12.4. The summed E-state index contributed by atoms with van der Waals surface area (Å²) >= 11 is 0. The van der Waals surface area contributed by atoms with Crippen LogP contribution in [-0.2, 0) is 13.6 Å². The average Bonchev–Trinajstić information content (AvgIpc) is 2.86. The highest BCUT2D eigenvalue weighted by Gasteiger charge is 2.12. The molecule has 2 N–H and O–H groups in total. The summed E-state index contributed by atoms with van der Waals surface area (Å²) in [6.45, 7) is 7.29. The summed E-state index contributed by atoms with van der Waals surface area (Å²) in [7, 11) is 3.67. The van der Waals surface area contributed by atoms with Gasteiger partial charge in [-0.15, -0.1) is 0 Å². The molecule has 1 unspecified atom stereocenters. The van der Waals surface area contributed by atoms with Crippen LogP contribution in [0.2, 0.25) is 0 Å². The van der Waals surface area contributed by atoms with Crippen molar-refractivity contribution in [1.82, 2.24) is 20.4 Å². The summed E-state index contributed by atoms with van der Waals surface area (Å²) in [6, 6.07) is 6.20. The molecule has 0 fully saturated rings. The molecule has 7 heteroatoms. The molecule has 0 saturated carbocycles. The van der Waals surface area contributed by atoms with Gasteiger partial charge in [-0.1, -0.05) is 13.0 Å². The van der Waals surface area contributed by atoms with E-state index in [9.17, 15) is 4.39 Å². The molecule has 0 radical (unpaired) electrons. The second-order valence-electron chi connectivity index (χ2n) is 6.19. The van der Waals surface area contributed by atoms with Crippen LogP contribution in [0.1, 0.15) is 30.3 Å². The number of hydrogen-bond acceptors (Lipinski definition) is 3. The molecule has 0 aliphatic heterocycles. The largest absolute Gasteiger partial charge is 0.489 e. The SMILES string of the molecule is CCC(CNC(=NC)NCc1c(C)nn(C)c1C)Oc1cccc(F)c1. The van der Waals surface area contributed by atoms with E-state index in [1.165, 1.54) is 17.7 Å². The van der Waals surface area contributed by atoms with Gasteiger partial charge in [0.25, 0.3) is 0 Å². The average molecular weight is 361 g/mol. The van der Waals surface area contributed by atoms with Gasteiger partial charge in [0.15, 0.2) is 5.96 Å². The number of aliphatic imine (C=N–C) groups is 1. The van der Waals surface area contributed by atoms with Gasteiger partial charge in [0.05, 0.1) is 12.2 Å². The van der Waals surface area contributed by atoms with Crippen molar-refractivity contribution in [2.24, 2.45) is 12.0 Å². The Morgan fingerprint density at radius 2 is 2.12 bits per heavy atom. The Kier molecular flexibility index (Phi) is 7.00. The highest BCUT2D eigenvalue weighted by Crippen LogP contribution is 2.15. The molecule has 0 spiro atoms. The molecular weight excluding hydrogens is 333 g/mol. The molecule has 0 amide bonds. The zero-order chi connectivity index (χ0) is 19.1. The number of ether oxygens (including phenoxy) is 1. The highest BCUT2D eigenvalue weighted by molar-refractivity contribution is 5.79. The van der Waals surface area contributed by atoms with Crippen LogP contribution < -0.4 is 15.4 Å². The number of aromatic nitrogens is 2. The van der Waals surface area contributed by atoms with E-state index < -0.39 is 0 Å². The predicted molar refractivity (Wildman–Crippen MR) is 102 cm³/mol. The molecule has 0 saturated heterocycles. The van der Waals surface area contributed by atoms with Crippen LogP contribution in [-0.4, -0.2) is 35.4 Å². The molecule has 0 bridgehead atoms. The first-order valence-electron chi connectivity index (χ1n) is 8.80. The number of nitrogens with one attached hydrogen (secondary N) is 2. The molecule has 142 valence electrons. The van der Waals surface area contributed by atoms with E-state index >= 15 is 0 Å². The van der Waals surface area contributed by atoms with Gasteiger partial charge in [-0.3, -0.25) is 9.67 Å². The third-order valence-corrected chi connectivity index (χ3v) is 4.37. The fourth-order valence-electron chi connectivity index (χ4n) is 2.68. The first kappa shape index (κ1) is 19.8. The molecule has 26 heavy (non-hydrogen) atoms. The third kappa shape index (κ3) is 5.21. The van der Waals surface area contributed by atoms with Crippen molar-refractivity contribution in [3.05, 3.63) is 47.0 Å². The minimum Gasteiger partial charge on any atom is -0.489 e. The van der Waals surface area contributed by atoms with Crippen LogP contribution in [0.25, 0.3) is 0 Å². The summed E-state index contributed by atoms with van der Waals surface area (Å²) in [4.78, 5) is 4.25. The number of nitrogens with zero attached hydrogens (tertiary/aromatic N) is 3.